The Labute approximate surface area is 122 Å². The first-order chi connectivity index (χ1) is 8.62. The van der Waals surface area contributed by atoms with Gasteiger partial charge in [-0.15, -0.1) is 0 Å². The van der Waals surface area contributed by atoms with E-state index in [0.29, 0.717) is 11.7 Å². The zero-order valence-electron chi connectivity index (χ0n) is 13.3. The molecule has 0 amide bonds. The number of hydrogen-bond acceptors (Lipinski definition) is 3. The van der Waals surface area contributed by atoms with E-state index in [4.69, 9.17) is 0 Å². The number of hydrogen-bond donors (Lipinski definition) is 0. The molecule has 0 bridgehead atoms. The van der Waals surface area contributed by atoms with E-state index in [2.05, 4.69) is 46.4 Å². The summed E-state index contributed by atoms with van der Waals surface area (Å²) in [6.45, 7) is 14.1. The first-order valence-electron chi connectivity index (χ1n) is 7.51. The standard InChI is InChI=1S/C16H29NOS/c1-15(2,3)14(18)13-12-10-19-8-7-11(12)9-17(13)16(4,5)6/h11-13H,7-10H2,1-6H3. The highest BCUT2D eigenvalue weighted by Gasteiger charge is 2.51. The number of thioether (sulfide) groups is 1. The predicted octanol–water partition coefficient (Wildman–Crippen LogP) is 3.45. The zero-order valence-corrected chi connectivity index (χ0v) is 14.1. The maximum Gasteiger partial charge on any atom is 0.155 e. The predicted molar refractivity (Wildman–Crippen MR) is 83.6 cm³/mol. The third-order valence-corrected chi connectivity index (χ3v) is 5.74. The third-order valence-electron chi connectivity index (χ3n) is 4.59. The maximum absolute atomic E-state index is 12.9. The van der Waals surface area contributed by atoms with Crippen LogP contribution in [0.5, 0.6) is 0 Å². The van der Waals surface area contributed by atoms with Crippen LogP contribution >= 0.6 is 11.8 Å². The molecule has 0 N–H and O–H groups in total. The lowest BCUT2D eigenvalue weighted by atomic mass is 9.79. The van der Waals surface area contributed by atoms with Crippen LogP contribution in [0.3, 0.4) is 0 Å². The minimum absolute atomic E-state index is 0.0909. The van der Waals surface area contributed by atoms with Gasteiger partial charge in [-0.2, -0.15) is 11.8 Å². The number of rotatable bonds is 1. The first kappa shape index (κ1) is 15.4. The molecule has 2 aliphatic rings. The molecule has 0 aromatic carbocycles. The molecule has 0 spiro atoms. The van der Waals surface area contributed by atoms with E-state index in [0.717, 1.165) is 12.5 Å². The van der Waals surface area contributed by atoms with Crippen LogP contribution in [-0.4, -0.2) is 40.3 Å². The smallest absolute Gasteiger partial charge is 0.155 e. The Kier molecular flexibility index (Phi) is 4.10. The number of Topliss-reactive ketones (excluding diaryl/α,β-unsaturated/α-hetero) is 1. The van der Waals surface area contributed by atoms with Gasteiger partial charge >= 0.3 is 0 Å². The molecule has 2 rings (SSSR count). The van der Waals surface area contributed by atoms with E-state index < -0.39 is 0 Å². The van der Waals surface area contributed by atoms with Crippen LogP contribution in [0.2, 0.25) is 0 Å². The van der Waals surface area contributed by atoms with E-state index in [1.165, 1.54) is 17.9 Å². The molecule has 2 saturated heterocycles. The fraction of sp³-hybridized carbons (Fsp3) is 0.938. The van der Waals surface area contributed by atoms with Crippen molar-refractivity contribution in [1.29, 1.82) is 0 Å². The normalized spacial score (nSPS) is 33.3. The minimum atomic E-state index is -0.231. The number of fused-ring (bicyclic) bond motifs is 1. The van der Waals surface area contributed by atoms with Gasteiger partial charge in [0.1, 0.15) is 0 Å². The largest absolute Gasteiger partial charge is 0.297 e. The van der Waals surface area contributed by atoms with E-state index in [1.54, 1.807) is 0 Å². The molecule has 0 radical (unpaired) electrons. The van der Waals surface area contributed by atoms with Crippen molar-refractivity contribution < 1.29 is 4.79 Å². The van der Waals surface area contributed by atoms with Crippen molar-refractivity contribution in [1.82, 2.24) is 4.90 Å². The molecule has 19 heavy (non-hydrogen) atoms. The van der Waals surface area contributed by atoms with Gasteiger partial charge in [-0.3, -0.25) is 9.69 Å². The highest BCUT2D eigenvalue weighted by atomic mass is 32.2. The fourth-order valence-corrected chi connectivity index (χ4v) is 4.81. The monoisotopic (exact) mass is 283 g/mol. The van der Waals surface area contributed by atoms with Gasteiger partial charge in [0, 0.05) is 17.5 Å². The zero-order chi connectivity index (χ0) is 14.4. The lowest BCUT2D eigenvalue weighted by molar-refractivity contribution is -0.133. The van der Waals surface area contributed by atoms with Crippen LogP contribution in [0.25, 0.3) is 0 Å². The second kappa shape index (κ2) is 5.07. The Hall–Kier alpha value is -0.0200. The van der Waals surface area contributed by atoms with Crippen LogP contribution in [0, 0.1) is 17.3 Å². The van der Waals surface area contributed by atoms with E-state index in [9.17, 15) is 4.79 Å². The Bertz CT molecular complexity index is 353. The lowest BCUT2D eigenvalue weighted by Crippen LogP contribution is -2.52. The summed E-state index contributed by atoms with van der Waals surface area (Å²) in [7, 11) is 0. The van der Waals surface area contributed by atoms with Crippen molar-refractivity contribution in [3.8, 4) is 0 Å². The molecule has 0 saturated carbocycles. The Morgan fingerprint density at radius 3 is 2.32 bits per heavy atom. The topological polar surface area (TPSA) is 20.3 Å². The second-order valence-corrected chi connectivity index (χ2v) is 9.32. The Morgan fingerprint density at radius 1 is 1.16 bits per heavy atom. The van der Waals surface area contributed by atoms with Gasteiger partial charge < -0.3 is 0 Å². The quantitative estimate of drug-likeness (QED) is 0.735. The number of ketones is 1. The Morgan fingerprint density at radius 2 is 1.79 bits per heavy atom. The number of likely N-dealkylation sites (tertiary alicyclic amines) is 1. The van der Waals surface area contributed by atoms with Gasteiger partial charge in [-0.1, -0.05) is 20.8 Å². The van der Waals surface area contributed by atoms with Crippen LogP contribution in [0.4, 0.5) is 0 Å². The molecule has 0 aromatic heterocycles. The summed E-state index contributed by atoms with van der Waals surface area (Å²) < 4.78 is 0. The summed E-state index contributed by atoms with van der Waals surface area (Å²) >= 11 is 2.04. The second-order valence-electron chi connectivity index (χ2n) is 8.17. The van der Waals surface area contributed by atoms with Crippen LogP contribution in [0.15, 0.2) is 0 Å². The van der Waals surface area contributed by atoms with Crippen molar-refractivity contribution in [3.05, 3.63) is 0 Å². The molecule has 3 heteroatoms. The van der Waals surface area contributed by atoms with Gasteiger partial charge in [0.25, 0.3) is 0 Å². The molecule has 0 aromatic rings. The first-order valence-corrected chi connectivity index (χ1v) is 8.66. The van der Waals surface area contributed by atoms with Gasteiger partial charge in [0.05, 0.1) is 6.04 Å². The minimum Gasteiger partial charge on any atom is -0.297 e. The highest BCUT2D eigenvalue weighted by molar-refractivity contribution is 7.99. The van der Waals surface area contributed by atoms with Crippen molar-refractivity contribution >= 4 is 17.5 Å². The molecule has 2 heterocycles. The molecule has 0 aliphatic carbocycles. The summed E-state index contributed by atoms with van der Waals surface area (Å²) in [5.74, 6) is 4.19. The van der Waals surface area contributed by atoms with Crippen molar-refractivity contribution in [2.75, 3.05) is 18.1 Å². The molecular weight excluding hydrogens is 254 g/mol. The Balaban J connectivity index is 2.31. The summed E-state index contributed by atoms with van der Waals surface area (Å²) in [6.07, 6.45) is 1.29. The third kappa shape index (κ3) is 3.02. The van der Waals surface area contributed by atoms with E-state index >= 15 is 0 Å². The van der Waals surface area contributed by atoms with Gasteiger partial charge in [-0.25, -0.2) is 0 Å². The van der Waals surface area contributed by atoms with Gasteiger partial charge in [0.2, 0.25) is 0 Å². The number of carbonyl (C=O) groups excluding carboxylic acids is 1. The highest BCUT2D eigenvalue weighted by Crippen LogP contribution is 2.44. The number of nitrogens with zero attached hydrogens (tertiary/aromatic N) is 1. The van der Waals surface area contributed by atoms with Crippen molar-refractivity contribution in [2.24, 2.45) is 17.3 Å². The average molecular weight is 283 g/mol. The maximum atomic E-state index is 12.9. The molecule has 3 unspecified atom stereocenters. The van der Waals surface area contributed by atoms with Crippen molar-refractivity contribution in [2.45, 2.75) is 59.5 Å². The molecule has 2 nitrogen and oxygen atoms in total. The fourth-order valence-electron chi connectivity index (χ4n) is 3.45. The summed E-state index contributed by atoms with van der Waals surface area (Å²) in [4.78, 5) is 15.4. The van der Waals surface area contributed by atoms with Crippen LogP contribution in [-0.2, 0) is 4.79 Å². The molecule has 3 atom stereocenters. The van der Waals surface area contributed by atoms with E-state index in [1.807, 2.05) is 11.8 Å². The van der Waals surface area contributed by atoms with E-state index in [-0.39, 0.29) is 17.0 Å². The summed E-state index contributed by atoms with van der Waals surface area (Å²) in [5.41, 5.74) is -0.140. The average Bonchev–Trinajstić information content (AvgIpc) is 2.65. The van der Waals surface area contributed by atoms with Gasteiger partial charge in [-0.05, 0) is 50.5 Å². The van der Waals surface area contributed by atoms with Gasteiger partial charge in [0.15, 0.2) is 5.78 Å². The molecule has 2 fully saturated rings. The number of carbonyl (C=O) groups is 1. The molecule has 110 valence electrons. The summed E-state index contributed by atoms with van der Waals surface area (Å²) in [6, 6.07) is 0.137. The van der Waals surface area contributed by atoms with Crippen LogP contribution in [0.1, 0.15) is 48.0 Å². The van der Waals surface area contributed by atoms with Crippen LogP contribution < -0.4 is 0 Å². The van der Waals surface area contributed by atoms with Crippen molar-refractivity contribution in [3.63, 3.8) is 0 Å². The molecule has 2 aliphatic heterocycles. The lowest BCUT2D eigenvalue weighted by Gasteiger charge is -2.40. The SMILES string of the molecule is CC(C)(C)C(=O)C1C2CSCCC2CN1C(C)(C)C. The molecular formula is C16H29NOS. The summed E-state index contributed by atoms with van der Waals surface area (Å²) in [5, 5.41) is 0.